The molecule has 4 rings (SSSR count). The first-order chi connectivity index (χ1) is 8.24. The van der Waals surface area contributed by atoms with Gasteiger partial charge in [-0.05, 0) is 49.7 Å². The maximum absolute atomic E-state index is 11.3. The molecule has 1 N–H and O–H groups in total. The number of fused-ring (bicyclic) bond motifs is 5. The largest absolute Gasteiger partial charge is 0.478 e. The first kappa shape index (κ1) is 9.63. The summed E-state index contributed by atoms with van der Waals surface area (Å²) in [6.45, 7) is 0. The summed E-state index contributed by atoms with van der Waals surface area (Å²) in [5, 5.41) is 9.30. The maximum atomic E-state index is 11.3. The Morgan fingerprint density at radius 2 is 1.82 bits per heavy atom. The molecule has 0 radical (unpaired) electrons. The third-order valence-electron chi connectivity index (χ3n) is 4.57. The third-order valence-corrected chi connectivity index (χ3v) is 4.57. The Morgan fingerprint density at radius 1 is 1.12 bits per heavy atom. The molecule has 0 aliphatic heterocycles. The van der Waals surface area contributed by atoms with Crippen molar-refractivity contribution in [1.82, 2.24) is 4.98 Å². The summed E-state index contributed by atoms with van der Waals surface area (Å²) in [7, 11) is 0. The van der Waals surface area contributed by atoms with Crippen LogP contribution in [0.4, 0.5) is 0 Å². The molecule has 0 aromatic carbocycles. The highest BCUT2D eigenvalue weighted by Crippen LogP contribution is 2.53. The lowest BCUT2D eigenvalue weighted by Crippen LogP contribution is -2.10. The molecule has 0 saturated heterocycles. The van der Waals surface area contributed by atoms with Crippen molar-refractivity contribution < 1.29 is 9.90 Å². The summed E-state index contributed by atoms with van der Waals surface area (Å²) in [6.07, 6.45) is 5.90. The second kappa shape index (κ2) is 3.09. The molecule has 3 aliphatic carbocycles. The topological polar surface area (TPSA) is 50.2 Å². The van der Waals surface area contributed by atoms with Crippen molar-refractivity contribution in [3.63, 3.8) is 0 Å². The number of rotatable bonds is 2. The molecule has 3 nitrogen and oxygen atoms in total. The number of aromatic carboxylic acids is 1. The SMILES string of the molecule is O=C(O)c1cc2c(nc1C1CC1)C1CCC2C1. The van der Waals surface area contributed by atoms with E-state index in [0.29, 0.717) is 23.3 Å². The van der Waals surface area contributed by atoms with Gasteiger partial charge in [0.15, 0.2) is 0 Å². The van der Waals surface area contributed by atoms with Crippen LogP contribution in [0.25, 0.3) is 0 Å². The van der Waals surface area contributed by atoms with E-state index in [1.807, 2.05) is 6.07 Å². The quantitative estimate of drug-likeness (QED) is 0.848. The number of carboxylic acid groups (broad SMARTS) is 1. The fraction of sp³-hybridized carbons (Fsp3) is 0.571. The molecule has 88 valence electrons. The van der Waals surface area contributed by atoms with E-state index in [1.54, 1.807) is 0 Å². The van der Waals surface area contributed by atoms with Crippen LogP contribution in [0.3, 0.4) is 0 Å². The van der Waals surface area contributed by atoms with Crippen LogP contribution in [0.2, 0.25) is 0 Å². The second-order valence-corrected chi connectivity index (χ2v) is 5.68. The average Bonchev–Trinajstić information content (AvgIpc) is 2.97. The zero-order valence-corrected chi connectivity index (χ0v) is 9.65. The highest BCUT2D eigenvalue weighted by molar-refractivity contribution is 5.89. The van der Waals surface area contributed by atoms with Gasteiger partial charge in [0, 0.05) is 17.5 Å². The van der Waals surface area contributed by atoms with E-state index in [2.05, 4.69) is 0 Å². The summed E-state index contributed by atoms with van der Waals surface area (Å²) < 4.78 is 0. The fourth-order valence-corrected chi connectivity index (χ4v) is 3.56. The van der Waals surface area contributed by atoms with E-state index in [1.165, 1.54) is 30.5 Å². The zero-order valence-electron chi connectivity index (χ0n) is 9.65. The molecule has 0 spiro atoms. The molecule has 0 amide bonds. The minimum Gasteiger partial charge on any atom is -0.478 e. The van der Waals surface area contributed by atoms with Crippen molar-refractivity contribution in [3.8, 4) is 0 Å². The molecule has 2 saturated carbocycles. The molecule has 2 fully saturated rings. The van der Waals surface area contributed by atoms with E-state index in [0.717, 1.165) is 18.5 Å². The van der Waals surface area contributed by atoms with Crippen molar-refractivity contribution in [3.05, 3.63) is 28.6 Å². The number of nitrogens with zero attached hydrogens (tertiary/aromatic N) is 1. The van der Waals surface area contributed by atoms with Crippen LogP contribution in [0, 0.1) is 0 Å². The van der Waals surface area contributed by atoms with Gasteiger partial charge in [0.2, 0.25) is 0 Å². The Kier molecular flexibility index (Phi) is 1.75. The van der Waals surface area contributed by atoms with Gasteiger partial charge >= 0.3 is 5.97 Å². The number of pyridine rings is 1. The Bertz CT molecular complexity index is 519. The Hall–Kier alpha value is -1.38. The summed E-state index contributed by atoms with van der Waals surface area (Å²) in [4.78, 5) is 16.1. The van der Waals surface area contributed by atoms with Gasteiger partial charge in [-0.3, -0.25) is 4.98 Å². The number of aromatic nitrogens is 1. The first-order valence-corrected chi connectivity index (χ1v) is 6.52. The number of carbonyl (C=O) groups is 1. The Labute approximate surface area is 99.9 Å². The van der Waals surface area contributed by atoms with Crippen LogP contribution >= 0.6 is 0 Å². The van der Waals surface area contributed by atoms with Gasteiger partial charge in [-0.1, -0.05) is 0 Å². The van der Waals surface area contributed by atoms with E-state index >= 15 is 0 Å². The van der Waals surface area contributed by atoms with Crippen LogP contribution in [0.5, 0.6) is 0 Å². The second-order valence-electron chi connectivity index (χ2n) is 5.68. The highest BCUT2D eigenvalue weighted by Gasteiger charge is 2.40. The van der Waals surface area contributed by atoms with Gasteiger partial charge in [-0.2, -0.15) is 0 Å². The van der Waals surface area contributed by atoms with Gasteiger partial charge < -0.3 is 5.11 Å². The minimum absolute atomic E-state index is 0.422. The molecule has 1 aromatic heterocycles. The monoisotopic (exact) mass is 229 g/mol. The van der Waals surface area contributed by atoms with E-state index in [4.69, 9.17) is 4.98 Å². The Morgan fingerprint density at radius 3 is 2.53 bits per heavy atom. The summed E-state index contributed by atoms with van der Waals surface area (Å²) in [6, 6.07) is 1.93. The van der Waals surface area contributed by atoms with Gasteiger partial charge in [0.25, 0.3) is 0 Å². The molecule has 2 atom stereocenters. The molecule has 3 aliphatic rings. The molecule has 1 heterocycles. The normalized spacial score (nSPS) is 29.4. The first-order valence-electron chi connectivity index (χ1n) is 6.52. The van der Waals surface area contributed by atoms with Crippen molar-refractivity contribution in [2.24, 2.45) is 0 Å². The molecule has 2 bridgehead atoms. The van der Waals surface area contributed by atoms with Crippen LogP contribution in [-0.4, -0.2) is 16.1 Å². The number of hydrogen-bond donors (Lipinski definition) is 1. The predicted octanol–water partition coefficient (Wildman–Crippen LogP) is 3.02. The van der Waals surface area contributed by atoms with Gasteiger partial charge in [0.05, 0.1) is 11.3 Å². The standard InChI is InChI=1S/C14H15NO2/c16-14(17)11-6-10-8-3-4-9(5-8)13(10)15-12(11)7-1-2-7/h6-9H,1-5H2,(H,16,17). The van der Waals surface area contributed by atoms with Gasteiger partial charge in [-0.25, -0.2) is 4.79 Å². The van der Waals surface area contributed by atoms with Crippen molar-refractivity contribution in [1.29, 1.82) is 0 Å². The lowest BCUT2D eigenvalue weighted by Gasteiger charge is -2.16. The maximum Gasteiger partial charge on any atom is 0.337 e. The molecule has 17 heavy (non-hydrogen) atoms. The summed E-state index contributed by atoms with van der Waals surface area (Å²) >= 11 is 0. The van der Waals surface area contributed by atoms with Crippen molar-refractivity contribution in [2.45, 2.75) is 49.9 Å². The minimum atomic E-state index is -0.801. The Balaban J connectivity index is 1.91. The lowest BCUT2D eigenvalue weighted by atomic mass is 9.93. The summed E-state index contributed by atoms with van der Waals surface area (Å²) in [5.74, 6) is 0.833. The van der Waals surface area contributed by atoms with Crippen molar-refractivity contribution in [2.75, 3.05) is 0 Å². The predicted molar refractivity (Wildman–Crippen MR) is 62.5 cm³/mol. The number of hydrogen-bond acceptors (Lipinski definition) is 2. The van der Waals surface area contributed by atoms with Gasteiger partial charge in [0.1, 0.15) is 0 Å². The van der Waals surface area contributed by atoms with Crippen molar-refractivity contribution >= 4 is 5.97 Å². The van der Waals surface area contributed by atoms with Crippen LogP contribution < -0.4 is 0 Å². The molecular weight excluding hydrogens is 214 g/mol. The highest BCUT2D eigenvalue weighted by atomic mass is 16.4. The molecule has 1 aromatic rings. The fourth-order valence-electron chi connectivity index (χ4n) is 3.56. The average molecular weight is 229 g/mol. The summed E-state index contributed by atoms with van der Waals surface area (Å²) in [5.41, 5.74) is 3.80. The molecular formula is C14H15NO2. The zero-order chi connectivity index (χ0) is 11.6. The smallest absolute Gasteiger partial charge is 0.337 e. The third kappa shape index (κ3) is 1.28. The molecule has 2 unspecified atom stereocenters. The van der Waals surface area contributed by atoms with E-state index in [9.17, 15) is 9.90 Å². The number of carboxylic acids is 1. The van der Waals surface area contributed by atoms with Crippen LogP contribution in [-0.2, 0) is 0 Å². The van der Waals surface area contributed by atoms with E-state index < -0.39 is 5.97 Å². The van der Waals surface area contributed by atoms with Crippen LogP contribution in [0.1, 0.15) is 77.2 Å². The van der Waals surface area contributed by atoms with Gasteiger partial charge in [-0.15, -0.1) is 0 Å². The van der Waals surface area contributed by atoms with E-state index in [-0.39, 0.29) is 0 Å². The molecule has 3 heteroatoms. The van der Waals surface area contributed by atoms with Crippen LogP contribution in [0.15, 0.2) is 6.07 Å². The lowest BCUT2D eigenvalue weighted by molar-refractivity contribution is 0.0695.